The molecule has 1 aromatic carbocycles. The zero-order valence-corrected chi connectivity index (χ0v) is 41.1. The number of aromatic nitrogens is 3. The first-order valence-corrected chi connectivity index (χ1v) is 24.6. The number of nitrogens with zero attached hydrogens (tertiary/aromatic N) is 1. The zero-order valence-electron chi connectivity index (χ0n) is 40.3. The van der Waals surface area contributed by atoms with Gasteiger partial charge in [0.2, 0.25) is 53.2 Å². The lowest BCUT2D eigenvalue weighted by atomic mass is 10.0. The number of hydrogen-bond donors (Lipinski definition) is 12. The normalized spacial score (nSPS) is 16.5. The summed E-state index contributed by atoms with van der Waals surface area (Å²) in [6.45, 7) is 10.2. The van der Waals surface area contributed by atoms with Gasteiger partial charge in [-0.2, -0.15) is 11.8 Å². The third kappa shape index (κ3) is 17.2. The van der Waals surface area contributed by atoms with Crippen molar-refractivity contribution in [3.05, 3.63) is 54.2 Å². The Labute approximate surface area is 405 Å². The van der Waals surface area contributed by atoms with Gasteiger partial charge in [-0.3, -0.25) is 43.2 Å². The van der Waals surface area contributed by atoms with Gasteiger partial charge in [0.25, 0.3) is 0 Å². The van der Waals surface area contributed by atoms with Crippen molar-refractivity contribution in [2.75, 3.05) is 25.1 Å². The molecule has 69 heavy (non-hydrogen) atoms. The number of carbonyl (C=O) groups is 9. The average Bonchev–Trinajstić information content (AvgIpc) is 4.11. The van der Waals surface area contributed by atoms with Crippen LogP contribution in [0.3, 0.4) is 0 Å². The first-order valence-electron chi connectivity index (χ1n) is 23.2. The van der Waals surface area contributed by atoms with Crippen LogP contribution >= 0.6 is 11.8 Å². The van der Waals surface area contributed by atoms with Gasteiger partial charge >= 0.3 is 0 Å². The number of primary amides is 1. The number of aromatic amines is 2. The maximum absolute atomic E-state index is 13.9. The molecule has 1 aliphatic rings. The smallest absolute Gasteiger partial charge is 0.243 e. The van der Waals surface area contributed by atoms with Gasteiger partial charge < -0.3 is 63.6 Å². The summed E-state index contributed by atoms with van der Waals surface area (Å²) >= 11 is 1.48. The van der Waals surface area contributed by atoms with Crippen LogP contribution in [0.1, 0.15) is 78.5 Å². The first-order chi connectivity index (χ1) is 32.8. The topological polar surface area (TPSA) is 332 Å². The number of benzene rings is 1. The van der Waals surface area contributed by atoms with Gasteiger partial charge in [0.1, 0.15) is 42.3 Å². The standard InChI is InChI=1S/C46H69N13O9S/c1-24(2)17-34(44(66)56-32(39(47)61)14-16-69-7)58-45(67)36(19-29-21-48-23-52-29)57-40(62)26(5)54-46(68)38(25(3)4)59-41(63)27(6)53-43(65)35(18-28-20-50-31-12-9-8-11-30(28)31)55-37(60)22-51-42(64)33-13-10-15-49-33/h8-9,11-12,20-21,23-27,32-36,38,49-50H,10,13-19,22H2,1-7H3,(H2,47,61)(H,48,52)(H,51,64)(H,53,65)(H,54,68)(H,55,60)(H,56,66)(H,57,62)(H,58,67)(H,59,63)/t26-,27+,32+,33+,34+,35+,36+,38+/m1/s1. The van der Waals surface area contributed by atoms with Crippen LogP contribution in [-0.2, 0) is 56.0 Å². The Hall–Kier alpha value is -6.49. The van der Waals surface area contributed by atoms with Gasteiger partial charge in [-0.1, -0.05) is 45.9 Å². The molecule has 23 heteroatoms. The Bertz CT molecular complexity index is 2250. The van der Waals surface area contributed by atoms with E-state index in [2.05, 4.69) is 62.8 Å². The molecule has 9 amide bonds. The summed E-state index contributed by atoms with van der Waals surface area (Å²) in [4.78, 5) is 130. The van der Waals surface area contributed by atoms with Gasteiger partial charge in [0.15, 0.2) is 0 Å². The second-order valence-electron chi connectivity index (χ2n) is 18.0. The van der Waals surface area contributed by atoms with Gasteiger partial charge in [-0.05, 0) is 81.5 Å². The van der Waals surface area contributed by atoms with Crippen LogP contribution in [-0.4, -0.2) is 142 Å². The summed E-state index contributed by atoms with van der Waals surface area (Å²) in [7, 11) is 0. The van der Waals surface area contributed by atoms with Crippen LogP contribution in [0.15, 0.2) is 43.0 Å². The zero-order chi connectivity index (χ0) is 50.8. The minimum atomic E-state index is -1.26. The molecule has 8 atom stereocenters. The molecule has 0 saturated carbocycles. The molecule has 13 N–H and O–H groups in total. The Morgan fingerprint density at radius 3 is 1.99 bits per heavy atom. The van der Waals surface area contributed by atoms with E-state index in [1.807, 2.05) is 44.4 Å². The first kappa shape index (κ1) is 55.1. The summed E-state index contributed by atoms with van der Waals surface area (Å²) in [5.74, 6) is -5.90. The Balaban J connectivity index is 1.40. The molecular formula is C46H69N13O9S. The lowest BCUT2D eigenvalue weighted by molar-refractivity contribution is -0.136. The highest BCUT2D eigenvalue weighted by Gasteiger charge is 2.34. The largest absolute Gasteiger partial charge is 0.368 e. The molecular weight excluding hydrogens is 911 g/mol. The molecule has 0 bridgehead atoms. The van der Waals surface area contributed by atoms with E-state index < -0.39 is 102 Å². The molecule has 378 valence electrons. The number of fused-ring (bicyclic) bond motifs is 1. The van der Waals surface area contributed by atoms with Crippen molar-refractivity contribution in [1.29, 1.82) is 0 Å². The number of hydrogen-bond acceptors (Lipinski definition) is 12. The highest BCUT2D eigenvalue weighted by molar-refractivity contribution is 7.98. The summed E-state index contributed by atoms with van der Waals surface area (Å²) < 4.78 is 0. The van der Waals surface area contributed by atoms with Gasteiger partial charge in [0, 0.05) is 41.8 Å². The number of H-pyrrole nitrogens is 2. The third-order valence-electron chi connectivity index (χ3n) is 11.5. The van der Waals surface area contributed by atoms with E-state index in [-0.39, 0.29) is 37.6 Å². The van der Waals surface area contributed by atoms with E-state index in [4.69, 9.17) is 5.73 Å². The summed E-state index contributed by atoms with van der Waals surface area (Å²) in [6.07, 6.45) is 8.40. The van der Waals surface area contributed by atoms with Crippen LogP contribution in [0.25, 0.3) is 10.9 Å². The second-order valence-corrected chi connectivity index (χ2v) is 19.0. The van der Waals surface area contributed by atoms with Crippen molar-refractivity contribution in [2.24, 2.45) is 17.6 Å². The molecule has 3 aromatic rings. The molecule has 1 fully saturated rings. The summed E-state index contributed by atoms with van der Waals surface area (Å²) in [6, 6.07) is -1.08. The molecule has 3 heterocycles. The fourth-order valence-corrected chi connectivity index (χ4v) is 8.10. The lowest BCUT2D eigenvalue weighted by Crippen LogP contribution is -2.60. The number of nitrogens with one attached hydrogen (secondary N) is 11. The van der Waals surface area contributed by atoms with E-state index >= 15 is 0 Å². The van der Waals surface area contributed by atoms with Crippen molar-refractivity contribution >= 4 is 75.8 Å². The van der Waals surface area contributed by atoms with Gasteiger partial charge in [-0.15, -0.1) is 0 Å². The monoisotopic (exact) mass is 980 g/mol. The number of amides is 9. The highest BCUT2D eigenvalue weighted by atomic mass is 32.2. The Morgan fingerprint density at radius 1 is 0.739 bits per heavy atom. The van der Waals surface area contributed by atoms with Crippen molar-refractivity contribution in [3.8, 4) is 0 Å². The molecule has 0 aliphatic carbocycles. The predicted molar refractivity (Wildman–Crippen MR) is 260 cm³/mol. The van der Waals surface area contributed by atoms with E-state index in [1.54, 1.807) is 20.0 Å². The van der Waals surface area contributed by atoms with Crippen LogP contribution in [0.4, 0.5) is 0 Å². The van der Waals surface area contributed by atoms with E-state index in [0.717, 1.165) is 22.9 Å². The van der Waals surface area contributed by atoms with E-state index in [1.165, 1.54) is 38.1 Å². The maximum atomic E-state index is 13.9. The van der Waals surface area contributed by atoms with E-state index in [0.29, 0.717) is 30.8 Å². The van der Waals surface area contributed by atoms with Crippen molar-refractivity contribution in [3.63, 3.8) is 0 Å². The molecule has 4 rings (SSSR count). The van der Waals surface area contributed by atoms with Crippen molar-refractivity contribution in [2.45, 2.75) is 128 Å². The summed E-state index contributed by atoms with van der Waals surface area (Å²) in [5.41, 5.74) is 7.57. The molecule has 0 radical (unpaired) electrons. The van der Waals surface area contributed by atoms with Crippen molar-refractivity contribution < 1.29 is 43.2 Å². The van der Waals surface area contributed by atoms with E-state index in [9.17, 15) is 43.2 Å². The Morgan fingerprint density at radius 2 is 1.36 bits per heavy atom. The molecule has 22 nitrogen and oxygen atoms in total. The summed E-state index contributed by atoms with van der Waals surface area (Å²) in [5, 5.41) is 25.1. The van der Waals surface area contributed by atoms with Crippen LogP contribution in [0.2, 0.25) is 0 Å². The quantitative estimate of drug-likeness (QED) is 0.0434. The Kier molecular flexibility index (Phi) is 21.5. The average molecular weight is 980 g/mol. The minimum Gasteiger partial charge on any atom is -0.368 e. The highest BCUT2D eigenvalue weighted by Crippen LogP contribution is 2.19. The third-order valence-corrected chi connectivity index (χ3v) is 12.2. The maximum Gasteiger partial charge on any atom is 0.243 e. The van der Waals surface area contributed by atoms with Crippen LogP contribution in [0.5, 0.6) is 0 Å². The molecule has 0 unspecified atom stereocenters. The number of para-hydroxylation sites is 1. The number of carbonyl (C=O) groups excluding carboxylic acids is 9. The van der Waals surface area contributed by atoms with Gasteiger partial charge in [0.05, 0.1) is 18.9 Å². The number of imidazole rings is 1. The number of thioether (sulfide) groups is 1. The number of rotatable bonds is 27. The fourth-order valence-electron chi connectivity index (χ4n) is 7.63. The lowest BCUT2D eigenvalue weighted by Gasteiger charge is -2.27. The molecule has 1 aliphatic heterocycles. The van der Waals surface area contributed by atoms with Crippen LogP contribution in [0, 0.1) is 11.8 Å². The van der Waals surface area contributed by atoms with Crippen molar-refractivity contribution in [1.82, 2.24) is 62.8 Å². The molecule has 2 aromatic heterocycles. The van der Waals surface area contributed by atoms with Gasteiger partial charge in [-0.25, -0.2) is 4.98 Å². The second kappa shape index (κ2) is 26.9. The molecule has 1 saturated heterocycles. The molecule has 0 spiro atoms. The fraction of sp³-hybridized carbons (Fsp3) is 0.565. The number of nitrogens with two attached hydrogens (primary N) is 1. The minimum absolute atomic E-state index is 0.0408. The van der Waals surface area contributed by atoms with Crippen LogP contribution < -0.4 is 53.6 Å². The predicted octanol–water partition coefficient (Wildman–Crippen LogP) is -1.08. The SMILES string of the molecule is CSCC[C@H](NC(=O)[C@H](CC(C)C)NC(=O)[C@H](Cc1cnc[nH]1)NC(=O)[C@@H](C)NC(=O)[C@@H](NC(=O)[C@H](C)NC(=O)[C@H](Cc1c[nH]c2ccccc12)NC(=O)CNC(=O)[C@@H]1CCCN1)C(C)C)C(N)=O.